The summed E-state index contributed by atoms with van der Waals surface area (Å²) in [7, 11) is -2.95. The Hall–Kier alpha value is -0.100. The normalized spacial score (nSPS) is 27.9. The summed E-state index contributed by atoms with van der Waals surface area (Å²) in [5, 5.41) is 0.759. The summed E-state index contributed by atoms with van der Waals surface area (Å²) in [6.45, 7) is 0.694. The van der Waals surface area contributed by atoms with Gasteiger partial charge in [0.15, 0.2) is 9.84 Å². The Morgan fingerprint density at radius 1 is 1.31 bits per heavy atom. The zero-order valence-corrected chi connectivity index (χ0v) is 11.5. The average molecular weight is 310 g/mol. The zero-order chi connectivity index (χ0) is 11.8. The standard InChI is InChI=1S/C10H16BrNO3S/c11-4-5-12(9-1-2-9)10(13)8-3-6-16(14,15)7-8/h8-9H,1-7H2. The van der Waals surface area contributed by atoms with Crippen LogP contribution in [0.2, 0.25) is 0 Å². The third-order valence-electron chi connectivity index (χ3n) is 3.18. The van der Waals surface area contributed by atoms with E-state index >= 15 is 0 Å². The molecule has 1 saturated heterocycles. The first-order chi connectivity index (χ1) is 7.53. The number of alkyl halides is 1. The second-order valence-corrected chi connectivity index (χ2v) is 7.57. The van der Waals surface area contributed by atoms with Crippen LogP contribution in [0.4, 0.5) is 0 Å². The van der Waals surface area contributed by atoms with Crippen molar-refractivity contribution >= 4 is 31.7 Å². The zero-order valence-electron chi connectivity index (χ0n) is 9.06. The summed E-state index contributed by atoms with van der Waals surface area (Å²) in [6.07, 6.45) is 2.64. The van der Waals surface area contributed by atoms with Gasteiger partial charge in [-0.2, -0.15) is 0 Å². The maximum absolute atomic E-state index is 12.1. The van der Waals surface area contributed by atoms with E-state index in [4.69, 9.17) is 0 Å². The Morgan fingerprint density at radius 2 is 2.00 bits per heavy atom. The van der Waals surface area contributed by atoms with Crippen LogP contribution in [-0.2, 0) is 14.6 Å². The highest BCUT2D eigenvalue weighted by molar-refractivity contribution is 9.09. The molecule has 0 bridgehead atoms. The number of carbonyl (C=O) groups excluding carboxylic acids is 1. The van der Waals surface area contributed by atoms with Gasteiger partial charge in [-0.3, -0.25) is 4.79 Å². The highest BCUT2D eigenvalue weighted by atomic mass is 79.9. The molecule has 1 atom stereocenters. The number of hydrogen-bond acceptors (Lipinski definition) is 3. The van der Waals surface area contributed by atoms with Gasteiger partial charge in [-0.1, -0.05) is 15.9 Å². The smallest absolute Gasteiger partial charge is 0.227 e. The lowest BCUT2D eigenvalue weighted by atomic mass is 10.1. The molecule has 1 amide bonds. The lowest BCUT2D eigenvalue weighted by Gasteiger charge is -2.24. The number of carbonyl (C=O) groups is 1. The molecule has 1 aliphatic heterocycles. The molecule has 2 fully saturated rings. The van der Waals surface area contributed by atoms with Gasteiger partial charge in [0, 0.05) is 17.9 Å². The molecule has 0 N–H and O–H groups in total. The second-order valence-electron chi connectivity index (χ2n) is 4.55. The van der Waals surface area contributed by atoms with Crippen LogP contribution in [0.15, 0.2) is 0 Å². The largest absolute Gasteiger partial charge is 0.339 e. The van der Waals surface area contributed by atoms with Crippen molar-refractivity contribution in [3.8, 4) is 0 Å². The molecule has 6 heteroatoms. The van der Waals surface area contributed by atoms with Crippen LogP contribution in [0.25, 0.3) is 0 Å². The minimum absolute atomic E-state index is 0.0445. The van der Waals surface area contributed by atoms with Gasteiger partial charge < -0.3 is 4.90 Å². The van der Waals surface area contributed by atoms with Crippen molar-refractivity contribution in [2.24, 2.45) is 5.92 Å². The molecule has 0 aromatic carbocycles. The van der Waals surface area contributed by atoms with E-state index < -0.39 is 9.84 Å². The van der Waals surface area contributed by atoms with E-state index in [2.05, 4.69) is 15.9 Å². The number of halogens is 1. The predicted octanol–water partition coefficient (Wildman–Crippen LogP) is 0.807. The van der Waals surface area contributed by atoms with E-state index in [9.17, 15) is 13.2 Å². The topological polar surface area (TPSA) is 54.5 Å². The van der Waals surface area contributed by atoms with Gasteiger partial charge in [0.25, 0.3) is 0 Å². The molecule has 0 aromatic heterocycles. The molecular weight excluding hydrogens is 294 g/mol. The second kappa shape index (κ2) is 4.64. The minimum atomic E-state index is -2.95. The molecule has 16 heavy (non-hydrogen) atoms. The van der Waals surface area contributed by atoms with Gasteiger partial charge in [0.1, 0.15) is 0 Å². The number of hydrogen-bond donors (Lipinski definition) is 0. The van der Waals surface area contributed by atoms with Crippen molar-refractivity contribution in [2.45, 2.75) is 25.3 Å². The summed E-state index contributed by atoms with van der Waals surface area (Å²) in [4.78, 5) is 14.0. The molecule has 1 saturated carbocycles. The number of sulfone groups is 1. The quantitative estimate of drug-likeness (QED) is 0.722. The molecule has 0 radical (unpaired) electrons. The molecule has 0 spiro atoms. The van der Waals surface area contributed by atoms with Crippen LogP contribution in [-0.4, -0.2) is 48.6 Å². The van der Waals surface area contributed by atoms with Crippen molar-refractivity contribution in [2.75, 3.05) is 23.4 Å². The van der Waals surface area contributed by atoms with E-state index in [-0.39, 0.29) is 23.3 Å². The van der Waals surface area contributed by atoms with Crippen molar-refractivity contribution in [3.63, 3.8) is 0 Å². The molecule has 1 unspecified atom stereocenters. The van der Waals surface area contributed by atoms with Gasteiger partial charge in [-0.15, -0.1) is 0 Å². The van der Waals surface area contributed by atoms with Crippen LogP contribution in [0.1, 0.15) is 19.3 Å². The van der Waals surface area contributed by atoms with Crippen molar-refractivity contribution < 1.29 is 13.2 Å². The first-order valence-corrected chi connectivity index (χ1v) is 8.54. The third kappa shape index (κ3) is 2.77. The SMILES string of the molecule is O=C(C1CCS(=O)(=O)C1)N(CCBr)C1CC1. The molecule has 1 heterocycles. The number of nitrogens with zero attached hydrogens (tertiary/aromatic N) is 1. The van der Waals surface area contributed by atoms with E-state index in [1.807, 2.05) is 4.90 Å². The minimum Gasteiger partial charge on any atom is -0.339 e. The summed E-state index contributed by atoms with van der Waals surface area (Å²) in [6, 6.07) is 0.369. The van der Waals surface area contributed by atoms with Gasteiger partial charge in [-0.05, 0) is 19.3 Å². The Balaban J connectivity index is 2.00. The highest BCUT2D eigenvalue weighted by Crippen LogP contribution is 2.30. The summed E-state index contributed by atoms with van der Waals surface area (Å²) in [5.74, 6) is -0.0132. The Bertz CT molecular complexity index is 378. The first kappa shape index (κ1) is 12.4. The van der Waals surface area contributed by atoms with Crippen molar-refractivity contribution in [3.05, 3.63) is 0 Å². The fourth-order valence-corrected chi connectivity index (χ4v) is 4.29. The van der Waals surface area contributed by atoms with Crippen LogP contribution in [0, 0.1) is 5.92 Å². The monoisotopic (exact) mass is 309 g/mol. The Labute approximate surface area is 104 Å². The van der Waals surface area contributed by atoms with Crippen LogP contribution < -0.4 is 0 Å². The van der Waals surface area contributed by atoms with E-state index in [0.717, 1.165) is 18.2 Å². The van der Waals surface area contributed by atoms with Crippen LogP contribution in [0.3, 0.4) is 0 Å². The van der Waals surface area contributed by atoms with E-state index in [1.54, 1.807) is 0 Å². The molecule has 1 aliphatic carbocycles. The fourth-order valence-electron chi connectivity index (χ4n) is 2.17. The lowest BCUT2D eigenvalue weighted by Crippen LogP contribution is -2.39. The number of rotatable bonds is 4. The fraction of sp³-hybridized carbons (Fsp3) is 0.900. The van der Waals surface area contributed by atoms with Crippen molar-refractivity contribution in [1.82, 2.24) is 4.90 Å². The third-order valence-corrected chi connectivity index (χ3v) is 5.30. The van der Waals surface area contributed by atoms with Gasteiger partial charge in [0.05, 0.1) is 17.4 Å². The van der Waals surface area contributed by atoms with Crippen LogP contribution in [0.5, 0.6) is 0 Å². The van der Waals surface area contributed by atoms with E-state index in [0.29, 0.717) is 19.0 Å². The first-order valence-electron chi connectivity index (χ1n) is 5.60. The number of amides is 1. The molecular formula is C10H16BrNO3S. The predicted molar refractivity (Wildman–Crippen MR) is 65.3 cm³/mol. The maximum Gasteiger partial charge on any atom is 0.227 e. The molecule has 4 nitrogen and oxygen atoms in total. The van der Waals surface area contributed by atoms with Crippen molar-refractivity contribution in [1.29, 1.82) is 0 Å². The Morgan fingerprint density at radius 3 is 2.44 bits per heavy atom. The highest BCUT2D eigenvalue weighted by Gasteiger charge is 2.39. The maximum atomic E-state index is 12.1. The molecule has 0 aromatic rings. The van der Waals surface area contributed by atoms with Gasteiger partial charge in [0.2, 0.25) is 5.91 Å². The Kier molecular flexibility index (Phi) is 3.59. The average Bonchev–Trinajstić information content (AvgIpc) is 2.98. The summed E-state index contributed by atoms with van der Waals surface area (Å²) >= 11 is 3.33. The lowest BCUT2D eigenvalue weighted by molar-refractivity contribution is -0.135. The molecule has 92 valence electrons. The molecule has 2 rings (SSSR count). The van der Waals surface area contributed by atoms with Gasteiger partial charge in [-0.25, -0.2) is 8.42 Å². The van der Waals surface area contributed by atoms with E-state index in [1.165, 1.54) is 0 Å². The van der Waals surface area contributed by atoms with Crippen LogP contribution >= 0.6 is 15.9 Å². The molecule has 2 aliphatic rings. The summed E-state index contributed by atoms with van der Waals surface area (Å²) in [5.41, 5.74) is 0. The summed E-state index contributed by atoms with van der Waals surface area (Å²) < 4.78 is 22.7. The van der Waals surface area contributed by atoms with Gasteiger partial charge >= 0.3 is 0 Å².